The van der Waals surface area contributed by atoms with Gasteiger partial charge in [-0.15, -0.1) is 0 Å². The van der Waals surface area contributed by atoms with Gasteiger partial charge >= 0.3 is 0 Å². The van der Waals surface area contributed by atoms with Gasteiger partial charge in [-0.2, -0.15) is 26.7 Å². The van der Waals surface area contributed by atoms with Crippen LogP contribution in [-0.4, -0.2) is 41.4 Å². The lowest BCUT2D eigenvalue weighted by atomic mass is 10.3. The van der Waals surface area contributed by atoms with Gasteiger partial charge in [0.25, 0.3) is 0 Å². The van der Waals surface area contributed by atoms with Crippen LogP contribution in [0.5, 0.6) is 5.75 Å². The second-order valence-electron chi connectivity index (χ2n) is 4.52. The number of hydrogen-bond acceptors (Lipinski definition) is 7. The number of ether oxygens (including phenoxy) is 1. The first-order valence-electron chi connectivity index (χ1n) is 6.58. The molecule has 0 saturated carbocycles. The van der Waals surface area contributed by atoms with Crippen molar-refractivity contribution in [2.45, 2.75) is 5.75 Å². The van der Waals surface area contributed by atoms with Gasteiger partial charge in [-0.3, -0.25) is 0 Å². The molecule has 112 valence electrons. The predicted molar refractivity (Wildman–Crippen MR) is 86.7 cm³/mol. The molecule has 0 unspecified atom stereocenters. The van der Waals surface area contributed by atoms with Crippen LogP contribution >= 0.6 is 11.8 Å². The quantitative estimate of drug-likeness (QED) is 0.782. The molecule has 1 aromatic carbocycles. The summed E-state index contributed by atoms with van der Waals surface area (Å²) in [6.45, 7) is 0.649. The third-order valence-electron chi connectivity index (χ3n) is 2.56. The van der Waals surface area contributed by atoms with Crippen LogP contribution in [0, 0.1) is 0 Å². The number of para-hydroxylation sites is 1. The molecule has 1 heterocycles. The van der Waals surface area contributed by atoms with Crippen molar-refractivity contribution in [3.05, 3.63) is 36.2 Å². The van der Waals surface area contributed by atoms with Gasteiger partial charge in [0.1, 0.15) is 11.6 Å². The Morgan fingerprint density at radius 2 is 1.90 bits per heavy atom. The molecular formula is C14H19N5OS. The Morgan fingerprint density at radius 3 is 2.62 bits per heavy atom. The number of benzene rings is 1. The van der Waals surface area contributed by atoms with Crippen LogP contribution in [0.3, 0.4) is 0 Å². The first-order valence-corrected chi connectivity index (χ1v) is 7.74. The van der Waals surface area contributed by atoms with Gasteiger partial charge < -0.3 is 15.4 Å². The van der Waals surface area contributed by atoms with Gasteiger partial charge in [0.05, 0.1) is 12.4 Å². The minimum Gasteiger partial charge on any atom is -0.493 e. The molecule has 6 nitrogen and oxygen atoms in total. The maximum Gasteiger partial charge on any atom is 0.229 e. The van der Waals surface area contributed by atoms with E-state index < -0.39 is 0 Å². The van der Waals surface area contributed by atoms with Crippen LogP contribution < -0.4 is 15.4 Å². The molecule has 2 N–H and O–H groups in total. The fourth-order valence-corrected chi connectivity index (χ4v) is 2.25. The third-order valence-corrected chi connectivity index (χ3v) is 3.48. The van der Waals surface area contributed by atoms with Gasteiger partial charge in [0, 0.05) is 19.8 Å². The van der Waals surface area contributed by atoms with Gasteiger partial charge in [-0.25, -0.2) is 0 Å². The van der Waals surface area contributed by atoms with Gasteiger partial charge in [-0.1, -0.05) is 18.2 Å². The zero-order valence-electron chi connectivity index (χ0n) is 12.2. The number of rotatable bonds is 7. The van der Waals surface area contributed by atoms with E-state index in [1.165, 1.54) is 0 Å². The monoisotopic (exact) mass is 305 g/mol. The molecule has 0 radical (unpaired) electrons. The standard InChI is InChI=1S/C14H19N5OS/c1-19(2)14-17-12(16-13(15)18-14)10-21-9-8-20-11-6-4-3-5-7-11/h3-7H,8-10H2,1-2H3,(H2,15,16,17,18). The van der Waals surface area contributed by atoms with Crippen molar-refractivity contribution in [1.29, 1.82) is 0 Å². The predicted octanol–water partition coefficient (Wildman–Crippen LogP) is 1.83. The Hall–Kier alpha value is -2.02. The van der Waals surface area contributed by atoms with Crippen LogP contribution in [-0.2, 0) is 5.75 Å². The number of nitrogen functional groups attached to an aromatic ring is 1. The van der Waals surface area contributed by atoms with E-state index in [1.807, 2.05) is 49.3 Å². The van der Waals surface area contributed by atoms with E-state index in [0.717, 1.165) is 11.5 Å². The molecule has 2 aromatic rings. The maximum atomic E-state index is 5.68. The molecule has 0 aliphatic carbocycles. The summed E-state index contributed by atoms with van der Waals surface area (Å²) >= 11 is 1.70. The fourth-order valence-electron chi connectivity index (χ4n) is 1.59. The molecule has 7 heteroatoms. The normalized spacial score (nSPS) is 10.4. The number of nitrogens with two attached hydrogens (primary N) is 1. The second kappa shape index (κ2) is 7.68. The largest absolute Gasteiger partial charge is 0.493 e. The van der Waals surface area contributed by atoms with E-state index >= 15 is 0 Å². The van der Waals surface area contributed by atoms with Crippen molar-refractivity contribution in [2.24, 2.45) is 0 Å². The highest BCUT2D eigenvalue weighted by Gasteiger charge is 2.06. The Morgan fingerprint density at radius 1 is 1.14 bits per heavy atom. The van der Waals surface area contributed by atoms with Gasteiger partial charge in [0.15, 0.2) is 0 Å². The summed E-state index contributed by atoms with van der Waals surface area (Å²) in [4.78, 5) is 14.4. The number of hydrogen-bond donors (Lipinski definition) is 1. The van der Waals surface area contributed by atoms with Gasteiger partial charge in [-0.05, 0) is 12.1 Å². The molecular weight excluding hydrogens is 286 g/mol. The van der Waals surface area contributed by atoms with Crippen molar-refractivity contribution >= 4 is 23.7 Å². The topological polar surface area (TPSA) is 77.2 Å². The second-order valence-corrected chi connectivity index (χ2v) is 5.62. The summed E-state index contributed by atoms with van der Waals surface area (Å²) in [5.74, 6) is 3.96. The Kier molecular flexibility index (Phi) is 5.62. The van der Waals surface area contributed by atoms with Crippen molar-refractivity contribution in [3.8, 4) is 5.75 Å². The number of thioether (sulfide) groups is 1. The molecule has 1 aromatic heterocycles. The first-order chi connectivity index (χ1) is 10.1. The lowest BCUT2D eigenvalue weighted by Gasteiger charge is -2.11. The number of nitrogens with zero attached hydrogens (tertiary/aromatic N) is 4. The van der Waals surface area contributed by atoms with Crippen molar-refractivity contribution < 1.29 is 4.74 Å². The van der Waals surface area contributed by atoms with Crippen molar-refractivity contribution in [2.75, 3.05) is 37.1 Å². The lowest BCUT2D eigenvalue weighted by molar-refractivity contribution is 0.344. The van der Waals surface area contributed by atoms with Crippen LogP contribution in [0.1, 0.15) is 5.82 Å². The van der Waals surface area contributed by atoms with E-state index in [9.17, 15) is 0 Å². The molecule has 0 spiro atoms. The molecule has 21 heavy (non-hydrogen) atoms. The van der Waals surface area contributed by atoms with E-state index in [2.05, 4.69) is 15.0 Å². The minimum atomic E-state index is 0.254. The van der Waals surface area contributed by atoms with Crippen LogP contribution in [0.25, 0.3) is 0 Å². The van der Waals surface area contributed by atoms with Crippen molar-refractivity contribution in [3.63, 3.8) is 0 Å². The van der Waals surface area contributed by atoms with E-state index in [-0.39, 0.29) is 5.95 Å². The number of anilines is 2. The summed E-state index contributed by atoms with van der Waals surface area (Å²) in [7, 11) is 3.75. The smallest absolute Gasteiger partial charge is 0.229 e. The minimum absolute atomic E-state index is 0.254. The van der Waals surface area contributed by atoms with E-state index in [4.69, 9.17) is 10.5 Å². The van der Waals surface area contributed by atoms with Gasteiger partial charge in [0.2, 0.25) is 11.9 Å². The highest BCUT2D eigenvalue weighted by atomic mass is 32.2. The fraction of sp³-hybridized carbons (Fsp3) is 0.357. The lowest BCUT2D eigenvalue weighted by Crippen LogP contribution is -2.16. The van der Waals surface area contributed by atoms with Crippen molar-refractivity contribution in [1.82, 2.24) is 15.0 Å². The number of aromatic nitrogens is 3. The average Bonchev–Trinajstić information content (AvgIpc) is 2.47. The summed E-state index contributed by atoms with van der Waals surface area (Å²) in [6.07, 6.45) is 0. The molecule has 0 amide bonds. The van der Waals surface area contributed by atoms with E-state index in [1.54, 1.807) is 11.8 Å². The Labute approximate surface area is 128 Å². The maximum absolute atomic E-state index is 5.68. The molecule has 0 bridgehead atoms. The molecule has 0 aliphatic heterocycles. The Balaban J connectivity index is 1.76. The van der Waals surface area contributed by atoms with Crippen LogP contribution in [0.4, 0.5) is 11.9 Å². The van der Waals surface area contributed by atoms with Crippen LogP contribution in [0.2, 0.25) is 0 Å². The zero-order valence-corrected chi connectivity index (χ0v) is 13.0. The summed E-state index contributed by atoms with van der Waals surface area (Å²) in [5, 5.41) is 0. The highest BCUT2D eigenvalue weighted by molar-refractivity contribution is 7.98. The Bertz CT molecular complexity index is 565. The molecule has 0 aliphatic rings. The zero-order chi connectivity index (χ0) is 15.1. The molecule has 0 saturated heterocycles. The van der Waals surface area contributed by atoms with Crippen LogP contribution in [0.15, 0.2) is 30.3 Å². The molecule has 2 rings (SSSR count). The molecule has 0 atom stereocenters. The highest BCUT2D eigenvalue weighted by Crippen LogP contribution is 2.13. The summed E-state index contributed by atoms with van der Waals surface area (Å²) < 4.78 is 5.62. The molecule has 0 fully saturated rings. The average molecular weight is 305 g/mol. The summed E-state index contributed by atoms with van der Waals surface area (Å²) in [5.41, 5.74) is 5.68. The SMILES string of the molecule is CN(C)c1nc(N)nc(CSCCOc2ccccc2)n1. The first kappa shape index (κ1) is 15.4. The third kappa shape index (κ3) is 5.11. The summed E-state index contributed by atoms with van der Waals surface area (Å²) in [6, 6.07) is 9.77. The van der Waals surface area contributed by atoms with E-state index in [0.29, 0.717) is 24.1 Å².